The molecule has 152 valence electrons. The van der Waals surface area contributed by atoms with Crippen molar-refractivity contribution in [3.63, 3.8) is 0 Å². The Balaban J connectivity index is 1.64. The van der Waals surface area contributed by atoms with E-state index in [-0.39, 0.29) is 0 Å². The van der Waals surface area contributed by atoms with Gasteiger partial charge < -0.3 is 5.32 Å². The second-order valence-corrected chi connectivity index (χ2v) is 10.7. The van der Waals surface area contributed by atoms with Gasteiger partial charge in [0.1, 0.15) is 0 Å². The Morgan fingerprint density at radius 1 is 1.04 bits per heavy atom. The van der Waals surface area contributed by atoms with Crippen LogP contribution in [0.2, 0.25) is 0 Å². The Kier molecular flexibility index (Phi) is 5.33. The highest BCUT2D eigenvalue weighted by atomic mass is 16.1. The monoisotopic (exact) mass is 371 g/mol. The fraction of sp³-hybridized carbons (Fsp3) is 0.880. The molecule has 0 bridgehead atoms. The van der Waals surface area contributed by atoms with Gasteiger partial charge in [0.2, 0.25) is 0 Å². The molecule has 27 heavy (non-hydrogen) atoms. The summed E-state index contributed by atoms with van der Waals surface area (Å²) in [5.74, 6) is 3.55. The Labute approximate surface area is 166 Å². The zero-order valence-corrected chi connectivity index (χ0v) is 18.2. The summed E-state index contributed by atoms with van der Waals surface area (Å²) in [6, 6.07) is 0. The zero-order chi connectivity index (χ0) is 19.2. The molecule has 0 radical (unpaired) electrons. The molecule has 0 spiro atoms. The third-order valence-corrected chi connectivity index (χ3v) is 9.82. The number of Topliss-reactive ketones (excluding diaryl/α,β-unsaturated/α-hetero) is 1. The molecule has 7 unspecified atom stereocenters. The number of fused-ring (bicyclic) bond motifs is 5. The van der Waals surface area contributed by atoms with Crippen LogP contribution in [0.1, 0.15) is 85.0 Å². The predicted molar refractivity (Wildman–Crippen MR) is 113 cm³/mol. The van der Waals surface area contributed by atoms with Gasteiger partial charge in [-0.1, -0.05) is 32.8 Å². The molecular formula is C25H41NO. The molecule has 1 N–H and O–H groups in total. The fourth-order valence-electron chi connectivity index (χ4n) is 8.37. The lowest BCUT2D eigenvalue weighted by molar-refractivity contribution is -0.145. The van der Waals surface area contributed by atoms with Gasteiger partial charge in [0.25, 0.3) is 0 Å². The van der Waals surface area contributed by atoms with Crippen LogP contribution >= 0.6 is 0 Å². The van der Waals surface area contributed by atoms with Crippen LogP contribution in [0, 0.1) is 40.4 Å². The van der Waals surface area contributed by atoms with Crippen LogP contribution in [0.5, 0.6) is 0 Å². The van der Waals surface area contributed by atoms with Crippen molar-refractivity contribution in [2.45, 2.75) is 85.0 Å². The van der Waals surface area contributed by atoms with Crippen molar-refractivity contribution >= 4 is 5.78 Å². The van der Waals surface area contributed by atoms with Crippen LogP contribution in [0.3, 0.4) is 0 Å². The van der Waals surface area contributed by atoms with Crippen molar-refractivity contribution in [2.75, 3.05) is 13.6 Å². The first-order chi connectivity index (χ1) is 13.0. The van der Waals surface area contributed by atoms with Crippen molar-refractivity contribution in [2.24, 2.45) is 40.4 Å². The van der Waals surface area contributed by atoms with E-state index in [4.69, 9.17) is 0 Å². The number of hydrogen-bond donors (Lipinski definition) is 1. The molecule has 0 aromatic rings. The van der Waals surface area contributed by atoms with Crippen molar-refractivity contribution in [1.82, 2.24) is 5.32 Å². The summed E-state index contributed by atoms with van der Waals surface area (Å²) < 4.78 is 0. The molecule has 4 fully saturated rings. The maximum absolute atomic E-state index is 13.8. The summed E-state index contributed by atoms with van der Waals surface area (Å²) in [7, 11) is 2.06. The van der Waals surface area contributed by atoms with E-state index in [9.17, 15) is 4.79 Å². The average Bonchev–Trinajstić information content (AvgIpc) is 2.99. The molecule has 0 amide bonds. The molecule has 4 aliphatic carbocycles. The third-order valence-electron chi connectivity index (χ3n) is 9.82. The first kappa shape index (κ1) is 19.7. The molecule has 0 heterocycles. The minimum absolute atomic E-state index is 0.323. The van der Waals surface area contributed by atoms with E-state index in [0.717, 1.165) is 12.5 Å². The number of hydrogen-bond acceptors (Lipinski definition) is 2. The number of carbonyl (C=O) groups excluding carboxylic acids is 1. The summed E-state index contributed by atoms with van der Waals surface area (Å²) in [5.41, 5.74) is 2.01. The van der Waals surface area contributed by atoms with E-state index in [1.54, 1.807) is 0 Å². The average molecular weight is 372 g/mol. The molecule has 0 saturated heterocycles. The van der Waals surface area contributed by atoms with Crippen LogP contribution in [0.15, 0.2) is 11.6 Å². The Hall–Kier alpha value is -0.630. The second-order valence-electron chi connectivity index (χ2n) is 10.7. The number of carbonyl (C=O) groups is 1. The molecule has 4 saturated carbocycles. The number of nitrogens with one attached hydrogen (secondary N) is 1. The minimum Gasteiger partial charge on any atom is -0.320 e. The van der Waals surface area contributed by atoms with Gasteiger partial charge >= 0.3 is 0 Å². The van der Waals surface area contributed by atoms with Crippen LogP contribution in [-0.2, 0) is 4.79 Å². The standard InChI is InChI=1S/C25H41NO/c1-5-18-19-10-6-7-14-25(19,3)21-13-15-24(2)17(9-8-16-26-4)11-12-20(24)22(21)23(18)27/h5,17,19-22,26H,6-16H2,1-4H3/b18-5+. The third kappa shape index (κ3) is 2.88. The maximum Gasteiger partial charge on any atom is 0.162 e. The predicted octanol–water partition coefficient (Wildman–Crippen LogP) is 5.77. The van der Waals surface area contributed by atoms with Gasteiger partial charge in [-0.25, -0.2) is 0 Å². The maximum atomic E-state index is 13.8. The largest absolute Gasteiger partial charge is 0.320 e. The molecule has 7 atom stereocenters. The quantitative estimate of drug-likeness (QED) is 0.502. The molecule has 2 nitrogen and oxygen atoms in total. The molecule has 0 aromatic heterocycles. The van der Waals surface area contributed by atoms with Gasteiger partial charge in [-0.3, -0.25) is 4.79 Å². The minimum atomic E-state index is 0.323. The lowest BCUT2D eigenvalue weighted by atomic mass is 9.43. The summed E-state index contributed by atoms with van der Waals surface area (Å²) >= 11 is 0. The van der Waals surface area contributed by atoms with Crippen molar-refractivity contribution < 1.29 is 4.79 Å². The highest BCUT2D eigenvalue weighted by Gasteiger charge is 2.63. The molecule has 2 heteroatoms. The van der Waals surface area contributed by atoms with E-state index in [0.29, 0.717) is 40.3 Å². The van der Waals surface area contributed by atoms with Gasteiger partial charge in [0.05, 0.1) is 0 Å². The fourth-order valence-corrected chi connectivity index (χ4v) is 8.37. The molecule has 0 aromatic carbocycles. The van der Waals surface area contributed by atoms with E-state index in [1.165, 1.54) is 69.8 Å². The first-order valence-electron chi connectivity index (χ1n) is 11.8. The Bertz CT molecular complexity index is 609. The van der Waals surface area contributed by atoms with Gasteiger partial charge in [0, 0.05) is 5.92 Å². The Morgan fingerprint density at radius 3 is 2.56 bits per heavy atom. The second kappa shape index (κ2) is 7.32. The van der Waals surface area contributed by atoms with Crippen LogP contribution < -0.4 is 5.32 Å². The summed E-state index contributed by atoms with van der Waals surface area (Å²) in [6.07, 6.45) is 15.4. The van der Waals surface area contributed by atoms with Crippen LogP contribution in [-0.4, -0.2) is 19.4 Å². The highest BCUT2D eigenvalue weighted by molar-refractivity contribution is 5.99. The number of ketones is 1. The van der Waals surface area contributed by atoms with E-state index in [2.05, 4.69) is 39.2 Å². The summed E-state index contributed by atoms with van der Waals surface area (Å²) in [5, 5.41) is 3.32. The highest BCUT2D eigenvalue weighted by Crippen LogP contribution is 2.67. The van der Waals surface area contributed by atoms with Crippen LogP contribution in [0.4, 0.5) is 0 Å². The van der Waals surface area contributed by atoms with E-state index < -0.39 is 0 Å². The smallest absolute Gasteiger partial charge is 0.162 e. The molecule has 0 aliphatic heterocycles. The molecule has 4 aliphatic rings. The zero-order valence-electron chi connectivity index (χ0n) is 18.2. The van der Waals surface area contributed by atoms with Gasteiger partial charge in [-0.2, -0.15) is 0 Å². The first-order valence-corrected chi connectivity index (χ1v) is 11.8. The van der Waals surface area contributed by atoms with Gasteiger partial charge in [0.15, 0.2) is 5.78 Å². The van der Waals surface area contributed by atoms with Crippen molar-refractivity contribution in [1.29, 1.82) is 0 Å². The lowest BCUT2D eigenvalue weighted by Crippen LogP contribution is -2.57. The van der Waals surface area contributed by atoms with Crippen molar-refractivity contribution in [3.05, 3.63) is 11.6 Å². The molecular weight excluding hydrogens is 330 g/mol. The number of allylic oxidation sites excluding steroid dienone is 2. The normalized spacial score (nSPS) is 48.2. The SMILES string of the molecule is C/C=C1/C(=O)C2C3CCC(CCCNC)C3(C)CCC2C2(C)CCCCC12. The summed E-state index contributed by atoms with van der Waals surface area (Å²) in [6.45, 7) is 8.37. The van der Waals surface area contributed by atoms with Gasteiger partial charge in [-0.15, -0.1) is 0 Å². The summed E-state index contributed by atoms with van der Waals surface area (Å²) in [4.78, 5) is 13.8. The van der Waals surface area contributed by atoms with Gasteiger partial charge in [-0.05, 0) is 112 Å². The van der Waals surface area contributed by atoms with E-state index in [1.807, 2.05) is 0 Å². The number of rotatable bonds is 4. The Morgan fingerprint density at radius 2 is 1.81 bits per heavy atom. The lowest BCUT2D eigenvalue weighted by Gasteiger charge is -2.60. The topological polar surface area (TPSA) is 29.1 Å². The van der Waals surface area contributed by atoms with Crippen molar-refractivity contribution in [3.8, 4) is 0 Å². The van der Waals surface area contributed by atoms with Crippen LogP contribution in [0.25, 0.3) is 0 Å². The molecule has 4 rings (SSSR count). The van der Waals surface area contributed by atoms with E-state index >= 15 is 0 Å².